The second kappa shape index (κ2) is 18.1. The zero-order chi connectivity index (χ0) is 31.2. The van der Waals surface area contributed by atoms with Gasteiger partial charge in [0.15, 0.2) is 0 Å². The smallest absolute Gasteiger partial charge is 0.416 e. The molecule has 0 aliphatic carbocycles. The Balaban J connectivity index is 1.10. The maximum Gasteiger partial charge on any atom is 0.416 e. The molecule has 2 heterocycles. The molecule has 44 heavy (non-hydrogen) atoms. The van der Waals surface area contributed by atoms with Crippen LogP contribution in [-0.4, -0.2) is 68.2 Å². The summed E-state index contributed by atoms with van der Waals surface area (Å²) in [5.41, 5.74) is 0.995. The van der Waals surface area contributed by atoms with Crippen molar-refractivity contribution in [1.29, 1.82) is 0 Å². The highest BCUT2D eigenvalue weighted by molar-refractivity contribution is 7.99. The van der Waals surface area contributed by atoms with Gasteiger partial charge in [0.1, 0.15) is 6.61 Å². The van der Waals surface area contributed by atoms with E-state index in [1.807, 2.05) is 24.3 Å². The number of ether oxygens (including phenoxy) is 1. The van der Waals surface area contributed by atoms with E-state index >= 15 is 0 Å². The van der Waals surface area contributed by atoms with Gasteiger partial charge in [0.05, 0.1) is 16.9 Å². The highest BCUT2D eigenvalue weighted by Crippen LogP contribution is 2.49. The van der Waals surface area contributed by atoms with Crippen molar-refractivity contribution in [2.75, 3.05) is 57.3 Å². The number of alkyl halides is 3. The number of piperazine rings is 1. The predicted molar refractivity (Wildman–Crippen MR) is 174 cm³/mol. The van der Waals surface area contributed by atoms with Gasteiger partial charge in [-0.15, -0.1) is 0 Å². The molecule has 2 aromatic carbocycles. The van der Waals surface area contributed by atoms with Crippen molar-refractivity contribution in [3.8, 4) is 0 Å². The summed E-state index contributed by atoms with van der Waals surface area (Å²) in [4.78, 5) is 20.9. The molecule has 0 aromatic heterocycles. The van der Waals surface area contributed by atoms with E-state index in [4.69, 9.17) is 4.74 Å². The van der Waals surface area contributed by atoms with Crippen LogP contribution in [0.3, 0.4) is 0 Å². The van der Waals surface area contributed by atoms with Gasteiger partial charge in [0.2, 0.25) is 0 Å². The molecule has 0 saturated carbocycles. The number of hydrogen-bond acceptors (Lipinski definition) is 6. The zero-order valence-corrected chi connectivity index (χ0v) is 27.2. The first-order valence-corrected chi connectivity index (χ1v) is 17.5. The molecule has 0 bridgehead atoms. The van der Waals surface area contributed by atoms with Gasteiger partial charge >= 0.3 is 12.1 Å². The number of anilines is 2. The molecule has 0 amide bonds. The van der Waals surface area contributed by atoms with Gasteiger partial charge in [-0.05, 0) is 49.7 Å². The highest BCUT2D eigenvalue weighted by atomic mass is 32.2. The van der Waals surface area contributed by atoms with Crippen LogP contribution in [-0.2, 0) is 15.7 Å². The summed E-state index contributed by atoms with van der Waals surface area (Å²) in [6.07, 6.45) is 9.54. The van der Waals surface area contributed by atoms with Gasteiger partial charge in [0, 0.05) is 55.5 Å². The highest BCUT2D eigenvalue weighted by Gasteiger charge is 2.33. The Hall–Kier alpha value is -2.23. The largest absolute Gasteiger partial charge is 0.464 e. The minimum atomic E-state index is -4.37. The van der Waals surface area contributed by atoms with Crippen LogP contribution < -0.4 is 4.90 Å². The van der Waals surface area contributed by atoms with E-state index in [0.29, 0.717) is 25.3 Å². The number of unbranched alkanes of at least 4 members (excludes halogenated alkanes) is 9. The Morgan fingerprint density at radius 2 is 1.36 bits per heavy atom. The number of para-hydroxylation sites is 1. The lowest BCUT2D eigenvalue weighted by atomic mass is 10.1. The van der Waals surface area contributed by atoms with Gasteiger partial charge in [-0.1, -0.05) is 88.6 Å². The van der Waals surface area contributed by atoms with E-state index in [1.54, 1.807) is 6.07 Å². The van der Waals surface area contributed by atoms with Crippen molar-refractivity contribution < 1.29 is 22.7 Å². The quantitative estimate of drug-likeness (QED) is 0.120. The summed E-state index contributed by atoms with van der Waals surface area (Å²) in [7, 11) is 0. The van der Waals surface area contributed by atoms with E-state index < -0.39 is 11.7 Å². The maximum absolute atomic E-state index is 13.5. The number of benzene rings is 2. The average Bonchev–Trinajstić information content (AvgIpc) is 3.01. The molecule has 1 fully saturated rings. The topological polar surface area (TPSA) is 36.0 Å². The third kappa shape index (κ3) is 11.0. The Labute approximate surface area is 266 Å². The van der Waals surface area contributed by atoms with Crippen molar-refractivity contribution in [3.63, 3.8) is 0 Å². The molecule has 0 radical (unpaired) electrons. The standard InChI is InChI=1S/C35H50F3N3O2S/c1-2-3-4-5-6-7-8-9-10-11-17-34(42)43-27-26-40-24-22-39(23-25-40)20-14-21-41-30-15-12-13-16-32(30)44-33-19-18-29(28-31(33)41)35(36,37)38/h12-13,15-16,18-19,28H,2-11,14,17,20-27H2,1H3. The van der Waals surface area contributed by atoms with Crippen LogP contribution in [0, 0.1) is 0 Å². The molecular weight excluding hydrogens is 583 g/mol. The third-order valence-electron chi connectivity index (χ3n) is 8.68. The minimum absolute atomic E-state index is 0.0789. The van der Waals surface area contributed by atoms with Crippen LogP contribution in [0.4, 0.5) is 24.5 Å². The molecule has 0 N–H and O–H groups in total. The number of fused-ring (bicyclic) bond motifs is 2. The number of nitrogens with zero attached hydrogens (tertiary/aromatic N) is 3. The summed E-state index contributed by atoms with van der Waals surface area (Å²) < 4.78 is 46.0. The van der Waals surface area contributed by atoms with Crippen LogP contribution >= 0.6 is 11.8 Å². The SMILES string of the molecule is CCCCCCCCCCCCC(=O)OCCN1CCN(CCCN2c3ccccc3Sc3ccc(C(F)(F)F)cc32)CC1. The molecule has 2 aliphatic heterocycles. The lowest BCUT2D eigenvalue weighted by Gasteiger charge is -2.36. The second-order valence-corrected chi connectivity index (χ2v) is 13.2. The van der Waals surface area contributed by atoms with Crippen LogP contribution in [0.2, 0.25) is 0 Å². The van der Waals surface area contributed by atoms with E-state index in [0.717, 1.165) is 74.0 Å². The normalized spacial score (nSPS) is 15.7. The first-order valence-electron chi connectivity index (χ1n) is 16.7. The number of rotatable bonds is 18. The maximum atomic E-state index is 13.5. The molecule has 1 saturated heterocycles. The molecule has 0 spiro atoms. The number of carbonyl (C=O) groups excluding carboxylic acids is 1. The molecule has 5 nitrogen and oxygen atoms in total. The predicted octanol–water partition coefficient (Wildman–Crippen LogP) is 9.17. The molecule has 2 aromatic rings. The van der Waals surface area contributed by atoms with Gasteiger partial charge in [-0.2, -0.15) is 13.2 Å². The van der Waals surface area contributed by atoms with Gasteiger partial charge in [-0.25, -0.2) is 0 Å². The van der Waals surface area contributed by atoms with E-state index in [2.05, 4.69) is 21.6 Å². The van der Waals surface area contributed by atoms with Gasteiger partial charge < -0.3 is 14.5 Å². The molecule has 0 atom stereocenters. The van der Waals surface area contributed by atoms with Crippen LogP contribution in [0.25, 0.3) is 0 Å². The van der Waals surface area contributed by atoms with E-state index in [9.17, 15) is 18.0 Å². The fraction of sp³-hybridized carbons (Fsp3) is 0.629. The summed E-state index contributed by atoms with van der Waals surface area (Å²) >= 11 is 1.53. The van der Waals surface area contributed by atoms with Crippen LogP contribution in [0.5, 0.6) is 0 Å². The molecular formula is C35H50F3N3O2S. The molecule has 4 rings (SSSR count). The monoisotopic (exact) mass is 633 g/mol. The third-order valence-corrected chi connectivity index (χ3v) is 9.81. The molecule has 9 heteroatoms. The Morgan fingerprint density at radius 1 is 0.750 bits per heavy atom. The zero-order valence-electron chi connectivity index (χ0n) is 26.4. The summed E-state index contributed by atoms with van der Waals surface area (Å²) in [5.74, 6) is -0.0789. The summed E-state index contributed by atoms with van der Waals surface area (Å²) in [6, 6.07) is 12.0. The van der Waals surface area contributed by atoms with Crippen molar-refractivity contribution in [1.82, 2.24) is 9.80 Å². The molecule has 244 valence electrons. The fourth-order valence-corrected chi connectivity index (χ4v) is 7.13. The Morgan fingerprint density at radius 3 is 2.05 bits per heavy atom. The fourth-order valence-electron chi connectivity index (χ4n) is 6.05. The Kier molecular flexibility index (Phi) is 14.2. The lowest BCUT2D eigenvalue weighted by molar-refractivity contribution is -0.144. The van der Waals surface area contributed by atoms with E-state index in [-0.39, 0.29) is 5.97 Å². The number of halogens is 3. The van der Waals surface area contributed by atoms with Crippen molar-refractivity contribution in [2.24, 2.45) is 0 Å². The van der Waals surface area contributed by atoms with Crippen molar-refractivity contribution >= 4 is 29.1 Å². The van der Waals surface area contributed by atoms with Crippen LogP contribution in [0.1, 0.15) is 89.5 Å². The molecule has 0 unspecified atom stereocenters. The average molecular weight is 634 g/mol. The first-order chi connectivity index (χ1) is 21.3. The number of esters is 1. The van der Waals surface area contributed by atoms with Gasteiger partial charge in [0.25, 0.3) is 0 Å². The van der Waals surface area contributed by atoms with Crippen molar-refractivity contribution in [2.45, 2.75) is 99.9 Å². The van der Waals surface area contributed by atoms with Crippen LogP contribution in [0.15, 0.2) is 52.3 Å². The molecule has 2 aliphatic rings. The summed E-state index contributed by atoms with van der Waals surface area (Å²) in [6.45, 7) is 8.73. The summed E-state index contributed by atoms with van der Waals surface area (Å²) in [5, 5.41) is 0. The Bertz CT molecular complexity index is 1150. The lowest BCUT2D eigenvalue weighted by Crippen LogP contribution is -2.47. The minimum Gasteiger partial charge on any atom is -0.464 e. The number of carbonyl (C=O) groups is 1. The van der Waals surface area contributed by atoms with Crippen molar-refractivity contribution in [3.05, 3.63) is 48.0 Å². The number of hydrogen-bond donors (Lipinski definition) is 0. The van der Waals surface area contributed by atoms with E-state index in [1.165, 1.54) is 75.3 Å². The second-order valence-electron chi connectivity index (χ2n) is 12.1. The van der Waals surface area contributed by atoms with Gasteiger partial charge in [-0.3, -0.25) is 9.69 Å². The first kappa shape index (κ1) is 34.6.